The van der Waals surface area contributed by atoms with Crippen molar-refractivity contribution in [2.45, 2.75) is 38.1 Å². The number of sulfonamides is 1. The number of halogens is 1. The minimum absolute atomic E-state index is 0.0232. The molecule has 2 rings (SSSR count). The third-order valence-electron chi connectivity index (χ3n) is 3.54. The van der Waals surface area contributed by atoms with Crippen LogP contribution in [0.1, 0.15) is 32.4 Å². The van der Waals surface area contributed by atoms with E-state index in [-0.39, 0.29) is 15.0 Å². The highest BCUT2D eigenvalue weighted by atomic mass is 79.9. The van der Waals surface area contributed by atoms with Crippen molar-refractivity contribution in [2.24, 2.45) is 5.41 Å². The van der Waals surface area contributed by atoms with Gasteiger partial charge in [0.05, 0.1) is 6.54 Å². The maximum atomic E-state index is 12.7. The predicted octanol–water partition coefficient (Wildman–Crippen LogP) is 2.57. The summed E-state index contributed by atoms with van der Waals surface area (Å²) in [5.41, 5.74) is 0.0232. The Morgan fingerprint density at radius 3 is 2.80 bits per heavy atom. The number of nitrogens with one attached hydrogen (secondary N) is 1. The van der Waals surface area contributed by atoms with Crippen LogP contribution in [0.3, 0.4) is 0 Å². The molecule has 2 heterocycles. The normalized spacial score (nSPS) is 20.2. The van der Waals surface area contributed by atoms with Crippen LogP contribution < -0.4 is 5.32 Å². The summed E-state index contributed by atoms with van der Waals surface area (Å²) in [4.78, 5) is 0.223. The van der Waals surface area contributed by atoms with Crippen LogP contribution in [0.15, 0.2) is 20.0 Å². The first-order valence-electron chi connectivity index (χ1n) is 6.69. The standard InChI is InChI=1S/C13H21BrN2O3S/c1-13(2)5-4-6-16(9-13)20(17,18)11-7-10(8-15-3)19-12(11)14/h7,15H,4-6,8-9H2,1-3H3. The van der Waals surface area contributed by atoms with Crippen molar-refractivity contribution in [1.29, 1.82) is 0 Å². The molecule has 20 heavy (non-hydrogen) atoms. The second-order valence-electron chi connectivity index (χ2n) is 5.99. The fraction of sp³-hybridized carbons (Fsp3) is 0.692. The van der Waals surface area contributed by atoms with E-state index in [9.17, 15) is 8.42 Å². The monoisotopic (exact) mass is 364 g/mol. The summed E-state index contributed by atoms with van der Waals surface area (Å²) < 4.78 is 32.7. The molecule has 0 amide bonds. The number of hydrogen-bond acceptors (Lipinski definition) is 4. The average molecular weight is 365 g/mol. The second kappa shape index (κ2) is 5.79. The Morgan fingerprint density at radius 2 is 2.20 bits per heavy atom. The summed E-state index contributed by atoms with van der Waals surface area (Å²) in [7, 11) is -1.71. The first kappa shape index (κ1) is 16.0. The van der Waals surface area contributed by atoms with E-state index in [1.54, 1.807) is 17.4 Å². The van der Waals surface area contributed by atoms with Crippen LogP contribution in [0.2, 0.25) is 0 Å². The molecule has 0 unspecified atom stereocenters. The lowest BCUT2D eigenvalue weighted by Crippen LogP contribution is -2.43. The van der Waals surface area contributed by atoms with Crippen molar-refractivity contribution in [1.82, 2.24) is 9.62 Å². The van der Waals surface area contributed by atoms with Crippen LogP contribution in [0, 0.1) is 5.41 Å². The predicted molar refractivity (Wildman–Crippen MR) is 80.9 cm³/mol. The summed E-state index contributed by atoms with van der Waals surface area (Å²) in [6.45, 7) is 5.83. The van der Waals surface area contributed by atoms with Crippen LogP contribution in [0.5, 0.6) is 0 Å². The van der Waals surface area contributed by atoms with E-state index in [0.29, 0.717) is 25.4 Å². The maximum Gasteiger partial charge on any atom is 0.247 e. The number of hydrogen-bond donors (Lipinski definition) is 1. The largest absolute Gasteiger partial charge is 0.452 e. The summed E-state index contributed by atoms with van der Waals surface area (Å²) in [6.07, 6.45) is 1.95. The van der Waals surface area contributed by atoms with Gasteiger partial charge in [0.15, 0.2) is 4.67 Å². The van der Waals surface area contributed by atoms with E-state index < -0.39 is 10.0 Å². The Morgan fingerprint density at radius 1 is 1.50 bits per heavy atom. The Kier molecular flexibility index (Phi) is 4.63. The molecule has 0 spiro atoms. The molecule has 1 aromatic heterocycles. The molecule has 0 saturated carbocycles. The highest BCUT2D eigenvalue weighted by molar-refractivity contribution is 9.10. The van der Waals surface area contributed by atoms with Gasteiger partial charge >= 0.3 is 0 Å². The zero-order chi connectivity index (χ0) is 15.0. The lowest BCUT2D eigenvalue weighted by molar-refractivity contribution is 0.187. The van der Waals surface area contributed by atoms with E-state index in [4.69, 9.17) is 4.42 Å². The first-order chi connectivity index (χ1) is 9.26. The van der Waals surface area contributed by atoms with Crippen LogP contribution in [0.25, 0.3) is 0 Å². The molecule has 1 fully saturated rings. The van der Waals surface area contributed by atoms with Gasteiger partial charge in [0.1, 0.15) is 10.7 Å². The zero-order valence-corrected chi connectivity index (χ0v) is 14.5. The topological polar surface area (TPSA) is 62.6 Å². The minimum atomic E-state index is -3.50. The van der Waals surface area contributed by atoms with Gasteiger partial charge in [-0.3, -0.25) is 0 Å². The fourth-order valence-electron chi connectivity index (χ4n) is 2.55. The summed E-state index contributed by atoms with van der Waals surface area (Å²) >= 11 is 3.22. The van der Waals surface area contributed by atoms with E-state index in [2.05, 4.69) is 35.1 Å². The molecule has 5 nitrogen and oxygen atoms in total. The summed E-state index contributed by atoms with van der Waals surface area (Å²) in [5, 5.41) is 2.95. The van der Waals surface area contributed by atoms with Crippen molar-refractivity contribution in [3.05, 3.63) is 16.5 Å². The summed E-state index contributed by atoms with van der Waals surface area (Å²) in [6, 6.07) is 1.59. The number of rotatable bonds is 4. The van der Waals surface area contributed by atoms with Crippen molar-refractivity contribution in [2.75, 3.05) is 20.1 Å². The minimum Gasteiger partial charge on any atom is -0.452 e. The molecule has 7 heteroatoms. The van der Waals surface area contributed by atoms with E-state index >= 15 is 0 Å². The summed E-state index contributed by atoms with van der Waals surface area (Å²) in [5.74, 6) is 0.606. The lowest BCUT2D eigenvalue weighted by Gasteiger charge is -2.36. The highest BCUT2D eigenvalue weighted by Gasteiger charge is 2.36. The molecule has 0 aliphatic carbocycles. The van der Waals surface area contributed by atoms with Crippen molar-refractivity contribution in [3.8, 4) is 0 Å². The van der Waals surface area contributed by atoms with Crippen LogP contribution in [-0.2, 0) is 16.6 Å². The highest BCUT2D eigenvalue weighted by Crippen LogP contribution is 2.34. The molecular formula is C13H21BrN2O3S. The molecule has 1 N–H and O–H groups in total. The molecule has 1 aliphatic heterocycles. The van der Waals surface area contributed by atoms with Gasteiger partial charge < -0.3 is 9.73 Å². The van der Waals surface area contributed by atoms with Crippen molar-refractivity contribution >= 4 is 26.0 Å². The molecule has 1 aromatic rings. The molecule has 0 bridgehead atoms. The Bertz CT molecular complexity index is 580. The SMILES string of the molecule is CNCc1cc(S(=O)(=O)N2CCCC(C)(C)C2)c(Br)o1. The van der Waals surface area contributed by atoms with Crippen molar-refractivity contribution < 1.29 is 12.8 Å². The Hall–Kier alpha value is -0.370. The number of nitrogens with zero attached hydrogens (tertiary/aromatic N) is 1. The molecule has 0 aromatic carbocycles. The van der Waals surface area contributed by atoms with Gasteiger partial charge in [0.25, 0.3) is 0 Å². The smallest absolute Gasteiger partial charge is 0.247 e. The quantitative estimate of drug-likeness (QED) is 0.891. The van der Waals surface area contributed by atoms with Crippen LogP contribution >= 0.6 is 15.9 Å². The second-order valence-corrected chi connectivity index (χ2v) is 8.61. The Balaban J connectivity index is 2.30. The Labute approximate surface area is 128 Å². The van der Waals surface area contributed by atoms with Crippen LogP contribution in [0.4, 0.5) is 0 Å². The molecule has 1 saturated heterocycles. The fourth-order valence-corrected chi connectivity index (χ4v) is 5.18. The number of furan rings is 1. The molecule has 0 radical (unpaired) electrons. The van der Waals surface area contributed by atoms with Gasteiger partial charge in [-0.1, -0.05) is 13.8 Å². The molecule has 0 atom stereocenters. The lowest BCUT2D eigenvalue weighted by atomic mass is 9.85. The zero-order valence-electron chi connectivity index (χ0n) is 12.1. The number of piperidine rings is 1. The van der Waals surface area contributed by atoms with Crippen molar-refractivity contribution in [3.63, 3.8) is 0 Å². The maximum absolute atomic E-state index is 12.7. The van der Waals surface area contributed by atoms with Gasteiger partial charge in [0, 0.05) is 19.2 Å². The molecular weight excluding hydrogens is 344 g/mol. The third-order valence-corrected chi connectivity index (χ3v) is 6.24. The molecule has 1 aliphatic rings. The average Bonchev–Trinajstić information content (AvgIpc) is 2.70. The van der Waals surface area contributed by atoms with E-state index in [1.807, 2.05) is 0 Å². The van der Waals surface area contributed by atoms with Gasteiger partial charge in [-0.2, -0.15) is 4.31 Å². The first-order valence-corrected chi connectivity index (χ1v) is 8.92. The van der Waals surface area contributed by atoms with E-state index in [1.165, 1.54) is 0 Å². The van der Waals surface area contributed by atoms with Gasteiger partial charge in [-0.25, -0.2) is 8.42 Å². The van der Waals surface area contributed by atoms with E-state index in [0.717, 1.165) is 12.8 Å². The third kappa shape index (κ3) is 3.27. The van der Waals surface area contributed by atoms with Gasteiger partial charge in [-0.05, 0) is 41.2 Å². The van der Waals surface area contributed by atoms with Gasteiger partial charge in [-0.15, -0.1) is 0 Å². The van der Waals surface area contributed by atoms with Crippen LogP contribution in [-0.4, -0.2) is 32.9 Å². The molecule has 114 valence electrons. The van der Waals surface area contributed by atoms with Gasteiger partial charge in [0.2, 0.25) is 10.0 Å².